The van der Waals surface area contributed by atoms with Crippen molar-refractivity contribution in [3.63, 3.8) is 0 Å². The average Bonchev–Trinajstić information content (AvgIpc) is 2.70. The molecule has 2 aromatic rings. The van der Waals surface area contributed by atoms with Gasteiger partial charge in [0.2, 0.25) is 0 Å². The summed E-state index contributed by atoms with van der Waals surface area (Å²) in [6.45, 7) is 8.21. The molecule has 0 amide bonds. The van der Waals surface area contributed by atoms with Gasteiger partial charge in [0, 0.05) is 11.8 Å². The first-order chi connectivity index (χ1) is 8.79. The molecule has 0 atom stereocenters. The Kier molecular flexibility index (Phi) is 3.18. The van der Waals surface area contributed by atoms with Crippen molar-refractivity contribution >= 4 is 5.97 Å². The summed E-state index contributed by atoms with van der Waals surface area (Å²) in [6, 6.07) is 8.01. The van der Waals surface area contributed by atoms with Crippen LogP contribution in [-0.2, 0) is 5.41 Å². The minimum Gasteiger partial charge on any atom is -0.476 e. The predicted octanol–water partition coefficient (Wildman–Crippen LogP) is 3.18. The van der Waals surface area contributed by atoms with Crippen molar-refractivity contribution in [3.8, 4) is 5.69 Å². The van der Waals surface area contributed by atoms with Crippen LogP contribution in [0.5, 0.6) is 0 Å². The maximum atomic E-state index is 11.0. The summed E-state index contributed by atoms with van der Waals surface area (Å²) in [5.41, 5.74) is 2.96. The third-order valence-electron chi connectivity index (χ3n) is 3.10. The Morgan fingerprint density at radius 1 is 1.21 bits per heavy atom. The Hall–Kier alpha value is -2.10. The standard InChI is InChI=1S/C15H18N2O2/c1-10-9-17(16-13(10)14(18)19)12-7-5-11(6-8-12)15(2,3)4/h5-9H,1-4H3,(H,18,19). The van der Waals surface area contributed by atoms with Crippen LogP contribution >= 0.6 is 0 Å². The molecular formula is C15H18N2O2. The smallest absolute Gasteiger partial charge is 0.356 e. The summed E-state index contributed by atoms with van der Waals surface area (Å²) < 4.78 is 1.60. The molecule has 0 unspecified atom stereocenters. The quantitative estimate of drug-likeness (QED) is 0.900. The van der Waals surface area contributed by atoms with Crippen molar-refractivity contribution in [2.24, 2.45) is 0 Å². The minimum atomic E-state index is -0.998. The van der Waals surface area contributed by atoms with E-state index in [1.165, 1.54) is 5.56 Å². The van der Waals surface area contributed by atoms with E-state index in [2.05, 4.69) is 25.9 Å². The van der Waals surface area contributed by atoms with Crippen LogP contribution in [0.15, 0.2) is 30.5 Å². The van der Waals surface area contributed by atoms with Crippen LogP contribution in [0.1, 0.15) is 42.4 Å². The molecule has 1 aromatic heterocycles. The lowest BCUT2D eigenvalue weighted by atomic mass is 9.87. The Balaban J connectivity index is 2.38. The van der Waals surface area contributed by atoms with E-state index in [9.17, 15) is 4.79 Å². The van der Waals surface area contributed by atoms with Crippen LogP contribution in [-0.4, -0.2) is 20.9 Å². The van der Waals surface area contributed by atoms with E-state index in [-0.39, 0.29) is 11.1 Å². The van der Waals surface area contributed by atoms with Crippen LogP contribution < -0.4 is 0 Å². The molecule has 0 saturated heterocycles. The van der Waals surface area contributed by atoms with E-state index in [1.807, 2.05) is 24.3 Å². The SMILES string of the molecule is Cc1cn(-c2ccc(C(C)(C)C)cc2)nc1C(=O)O. The Morgan fingerprint density at radius 3 is 2.21 bits per heavy atom. The fourth-order valence-electron chi connectivity index (χ4n) is 1.92. The van der Waals surface area contributed by atoms with Gasteiger partial charge in [-0.15, -0.1) is 0 Å². The molecular weight excluding hydrogens is 240 g/mol. The number of aromatic nitrogens is 2. The number of rotatable bonds is 2. The highest BCUT2D eigenvalue weighted by Gasteiger charge is 2.15. The van der Waals surface area contributed by atoms with Gasteiger partial charge < -0.3 is 5.11 Å². The van der Waals surface area contributed by atoms with E-state index < -0.39 is 5.97 Å². The zero-order valence-electron chi connectivity index (χ0n) is 11.6. The van der Waals surface area contributed by atoms with Gasteiger partial charge in [-0.3, -0.25) is 0 Å². The maximum Gasteiger partial charge on any atom is 0.356 e. The van der Waals surface area contributed by atoms with Crippen molar-refractivity contribution in [1.29, 1.82) is 0 Å². The molecule has 0 radical (unpaired) electrons. The molecule has 4 nitrogen and oxygen atoms in total. The molecule has 0 fully saturated rings. The van der Waals surface area contributed by atoms with Crippen molar-refractivity contribution in [1.82, 2.24) is 9.78 Å². The zero-order valence-corrected chi connectivity index (χ0v) is 11.6. The third-order valence-corrected chi connectivity index (χ3v) is 3.10. The largest absolute Gasteiger partial charge is 0.476 e. The number of nitrogens with zero attached hydrogens (tertiary/aromatic N) is 2. The van der Waals surface area contributed by atoms with Crippen molar-refractivity contribution in [3.05, 3.63) is 47.3 Å². The molecule has 4 heteroatoms. The molecule has 1 N–H and O–H groups in total. The fourth-order valence-corrected chi connectivity index (χ4v) is 1.92. The second-order valence-electron chi connectivity index (χ2n) is 5.71. The summed E-state index contributed by atoms with van der Waals surface area (Å²) in [5, 5.41) is 13.1. The molecule has 100 valence electrons. The maximum absolute atomic E-state index is 11.0. The number of carbonyl (C=O) groups is 1. The van der Waals surface area contributed by atoms with Crippen molar-refractivity contribution in [2.45, 2.75) is 33.1 Å². The molecule has 2 rings (SSSR count). The zero-order chi connectivity index (χ0) is 14.2. The predicted molar refractivity (Wildman–Crippen MR) is 74.0 cm³/mol. The first kappa shape index (κ1) is 13.3. The Bertz CT molecular complexity index is 604. The van der Waals surface area contributed by atoms with Gasteiger partial charge in [0.05, 0.1) is 5.69 Å². The summed E-state index contributed by atoms with van der Waals surface area (Å²) >= 11 is 0. The van der Waals surface area contributed by atoms with Crippen LogP contribution in [0, 0.1) is 6.92 Å². The van der Waals surface area contributed by atoms with Crippen LogP contribution in [0.25, 0.3) is 5.69 Å². The molecule has 0 saturated carbocycles. The lowest BCUT2D eigenvalue weighted by Crippen LogP contribution is -2.11. The van der Waals surface area contributed by atoms with Gasteiger partial charge in [-0.2, -0.15) is 5.10 Å². The monoisotopic (exact) mass is 258 g/mol. The van der Waals surface area contributed by atoms with Gasteiger partial charge >= 0.3 is 5.97 Å². The first-order valence-corrected chi connectivity index (χ1v) is 6.19. The molecule has 0 bridgehead atoms. The second-order valence-corrected chi connectivity index (χ2v) is 5.71. The normalized spacial score (nSPS) is 11.6. The number of hydrogen-bond acceptors (Lipinski definition) is 2. The van der Waals surface area contributed by atoms with E-state index >= 15 is 0 Å². The van der Waals surface area contributed by atoms with Crippen LogP contribution in [0.2, 0.25) is 0 Å². The highest BCUT2D eigenvalue weighted by molar-refractivity contribution is 5.86. The van der Waals surface area contributed by atoms with Gasteiger partial charge in [0.25, 0.3) is 0 Å². The van der Waals surface area contributed by atoms with Crippen LogP contribution in [0.4, 0.5) is 0 Å². The number of hydrogen-bond donors (Lipinski definition) is 1. The lowest BCUT2D eigenvalue weighted by molar-refractivity contribution is 0.0689. The minimum absolute atomic E-state index is 0.0971. The highest BCUT2D eigenvalue weighted by atomic mass is 16.4. The van der Waals surface area contributed by atoms with Crippen LogP contribution in [0.3, 0.4) is 0 Å². The third kappa shape index (κ3) is 2.67. The fraction of sp³-hybridized carbons (Fsp3) is 0.333. The van der Waals surface area contributed by atoms with Gasteiger partial charge in [-0.05, 0) is 30.0 Å². The summed E-state index contributed by atoms with van der Waals surface area (Å²) in [5.74, 6) is -0.998. The first-order valence-electron chi connectivity index (χ1n) is 6.19. The number of carboxylic acids is 1. The van der Waals surface area contributed by atoms with E-state index in [1.54, 1.807) is 17.8 Å². The number of carboxylic acid groups (broad SMARTS) is 1. The van der Waals surface area contributed by atoms with E-state index in [0.717, 1.165) is 5.69 Å². The van der Waals surface area contributed by atoms with E-state index in [4.69, 9.17) is 5.11 Å². The molecule has 0 aliphatic rings. The van der Waals surface area contributed by atoms with Gasteiger partial charge in [-0.1, -0.05) is 32.9 Å². The van der Waals surface area contributed by atoms with Gasteiger partial charge in [0.15, 0.2) is 5.69 Å². The molecule has 0 spiro atoms. The summed E-state index contributed by atoms with van der Waals surface area (Å²) in [4.78, 5) is 11.0. The lowest BCUT2D eigenvalue weighted by Gasteiger charge is -2.19. The second kappa shape index (κ2) is 4.53. The average molecular weight is 258 g/mol. The topological polar surface area (TPSA) is 55.1 Å². The molecule has 0 aliphatic carbocycles. The van der Waals surface area contributed by atoms with Gasteiger partial charge in [-0.25, -0.2) is 9.48 Å². The highest BCUT2D eigenvalue weighted by Crippen LogP contribution is 2.23. The summed E-state index contributed by atoms with van der Waals surface area (Å²) in [7, 11) is 0. The summed E-state index contributed by atoms with van der Waals surface area (Å²) in [6.07, 6.45) is 1.73. The number of aryl methyl sites for hydroxylation is 1. The van der Waals surface area contributed by atoms with Crippen molar-refractivity contribution < 1.29 is 9.90 Å². The molecule has 19 heavy (non-hydrogen) atoms. The Labute approximate surface area is 112 Å². The molecule has 0 aliphatic heterocycles. The molecule has 1 heterocycles. The van der Waals surface area contributed by atoms with E-state index in [0.29, 0.717) is 5.56 Å². The number of benzene rings is 1. The Morgan fingerprint density at radius 2 is 1.79 bits per heavy atom. The molecule has 1 aromatic carbocycles. The van der Waals surface area contributed by atoms with Gasteiger partial charge in [0.1, 0.15) is 0 Å². The number of aromatic carboxylic acids is 1. The van der Waals surface area contributed by atoms with Crippen molar-refractivity contribution in [2.75, 3.05) is 0 Å².